The van der Waals surface area contributed by atoms with Crippen LogP contribution in [0.3, 0.4) is 0 Å². The Kier molecular flexibility index (Phi) is 50.4. The summed E-state index contributed by atoms with van der Waals surface area (Å²) in [4.78, 5) is 223. The zero-order valence-corrected chi connectivity index (χ0v) is 89.4. The number of alkyl carbamates (subject to hydrolysis) is 3. The van der Waals surface area contributed by atoms with E-state index in [4.69, 9.17) is 141 Å². The predicted molar refractivity (Wildman–Crippen MR) is 536 cm³/mol. The van der Waals surface area contributed by atoms with Gasteiger partial charge in [-0.1, -0.05) is 108 Å². The lowest BCUT2D eigenvalue weighted by Gasteiger charge is -2.29. The van der Waals surface area contributed by atoms with Crippen molar-refractivity contribution < 1.29 is 163 Å². The van der Waals surface area contributed by atoms with Gasteiger partial charge in [-0.2, -0.15) is 0 Å². The Morgan fingerprint density at radius 3 is 0.926 bits per heavy atom. The number of hydrogen-bond donors (Lipinski definition) is 11. The van der Waals surface area contributed by atoms with Gasteiger partial charge in [-0.25, -0.2) is 24.0 Å². The summed E-state index contributed by atoms with van der Waals surface area (Å²) < 4.78 is 66.8. The molecule has 8 saturated heterocycles. The number of ether oxygens (including phenoxy) is 13. The number of carboxylic acids is 2. The normalized spacial score (nSPS) is 21.7. The zero-order valence-electron chi connectivity index (χ0n) is 84.9. The molecule has 0 aliphatic carbocycles. The molecule has 10 unspecified atom stereocenters. The number of halogens is 6. The van der Waals surface area contributed by atoms with E-state index >= 15 is 0 Å². The highest BCUT2D eigenvalue weighted by Gasteiger charge is 2.47. The van der Waals surface area contributed by atoms with Crippen LogP contribution in [0.2, 0.25) is 30.1 Å². The monoisotopic (exact) mass is 2220 g/mol. The van der Waals surface area contributed by atoms with Crippen molar-refractivity contribution in [3.63, 3.8) is 0 Å². The number of carboxylic acid groups (broad SMARTS) is 2. The van der Waals surface area contributed by atoms with Gasteiger partial charge < -0.3 is 139 Å². The number of hydrogen-bond acceptors (Lipinski definition) is 32. The fourth-order valence-electron chi connectivity index (χ4n) is 15.6. The van der Waals surface area contributed by atoms with E-state index in [1.807, 2.05) is 0 Å². The number of amides is 12. The highest BCUT2D eigenvalue weighted by Crippen LogP contribution is 2.38. The number of rotatable bonds is 35. The summed E-state index contributed by atoms with van der Waals surface area (Å²) in [5, 5.41) is 48.8. The number of benzene rings is 3. The minimum atomic E-state index is -1.09. The number of nitrogens with one attached hydrogen (secondary N) is 8. The van der Waals surface area contributed by atoms with Gasteiger partial charge in [0.05, 0.1) is 61.4 Å². The fourth-order valence-corrected chi connectivity index (χ4v) is 17.3. The number of phenolic OH excluding ortho intramolecular Hbond substituents is 1. The lowest BCUT2D eigenvalue weighted by Crippen LogP contribution is -2.55. The second-order valence-corrected chi connectivity index (χ2v) is 38.6. The van der Waals surface area contributed by atoms with E-state index in [9.17, 15) is 91.4 Å². The molecule has 3 aromatic rings. The first-order valence-corrected chi connectivity index (χ1v) is 50.0. The van der Waals surface area contributed by atoms with Crippen molar-refractivity contribution in [2.24, 2.45) is 0 Å². The molecule has 46 nitrogen and oxygen atoms in total. The van der Waals surface area contributed by atoms with Crippen LogP contribution < -0.4 is 52.0 Å². The second-order valence-electron chi connectivity index (χ2n) is 36.1. The van der Waals surface area contributed by atoms with Crippen LogP contribution in [0.15, 0.2) is 74.4 Å². The number of phenols is 1. The smallest absolute Gasteiger partial charge is 0.408 e. The number of aromatic hydroxyl groups is 1. The molecule has 0 spiro atoms. The largest absolute Gasteiger partial charge is 0.505 e. The zero-order chi connectivity index (χ0) is 111. The molecule has 8 aliphatic rings. The van der Waals surface area contributed by atoms with Gasteiger partial charge in [0.1, 0.15) is 104 Å². The molecule has 12 amide bonds. The topological polar surface area (TPSA) is 597 Å². The second kappa shape index (κ2) is 59.9. The van der Waals surface area contributed by atoms with Crippen LogP contribution in [0.1, 0.15) is 205 Å². The maximum absolute atomic E-state index is 13.1. The van der Waals surface area contributed by atoms with E-state index in [2.05, 4.69) is 62.3 Å². The third-order valence-electron chi connectivity index (χ3n) is 22.2. The number of esters is 4. The number of likely N-dealkylation sites (tertiary alicyclic amines) is 4. The molecule has 0 saturated carbocycles. The quantitative estimate of drug-likeness (QED) is 0.0148. The highest BCUT2D eigenvalue weighted by atomic mass is 35.5. The summed E-state index contributed by atoms with van der Waals surface area (Å²) in [6.07, 6.45) is 3.74. The van der Waals surface area contributed by atoms with Gasteiger partial charge in [-0.15, -0.1) is 0 Å². The van der Waals surface area contributed by atoms with E-state index in [-0.39, 0.29) is 121 Å². The number of nitrogens with zero attached hydrogens (tertiary/aromatic N) is 4. The molecule has 0 aromatic heterocycles. The van der Waals surface area contributed by atoms with Crippen molar-refractivity contribution in [1.82, 2.24) is 62.1 Å². The average molecular weight is 2220 g/mol. The molecule has 0 radical (unpaired) electrons. The van der Waals surface area contributed by atoms with Gasteiger partial charge in [0.2, 0.25) is 66.5 Å². The summed E-state index contributed by atoms with van der Waals surface area (Å²) in [5.74, 6) is -7.68. The molecule has 16 atom stereocenters. The molecule has 11 N–H and O–H groups in total. The predicted octanol–water partition coefficient (Wildman–Crippen LogP) is 9.56. The molecule has 149 heavy (non-hydrogen) atoms. The summed E-state index contributed by atoms with van der Waals surface area (Å²) in [5.41, 5.74) is -1.08. The van der Waals surface area contributed by atoms with Crippen LogP contribution in [-0.4, -0.2) is 323 Å². The van der Waals surface area contributed by atoms with Gasteiger partial charge in [-0.3, -0.25) is 62.3 Å². The number of aliphatic carboxylic acids is 1. The van der Waals surface area contributed by atoms with Crippen molar-refractivity contribution in [3.8, 4) is 17.2 Å². The van der Waals surface area contributed by atoms with Crippen molar-refractivity contribution in [3.05, 3.63) is 121 Å². The van der Waals surface area contributed by atoms with E-state index in [0.29, 0.717) is 104 Å². The Hall–Kier alpha value is -12.3. The lowest BCUT2D eigenvalue weighted by molar-refractivity contribution is -0.165. The molecular weight excluding hydrogens is 2090 g/mol. The molecule has 0 bridgehead atoms. The van der Waals surface area contributed by atoms with Gasteiger partial charge >= 0.3 is 54.1 Å². The Balaban J connectivity index is 0.000000281. The summed E-state index contributed by atoms with van der Waals surface area (Å²) in [6.45, 7) is 37.4. The summed E-state index contributed by atoms with van der Waals surface area (Å²) >= 11 is 35.7. The molecule has 11 rings (SSSR count). The summed E-state index contributed by atoms with van der Waals surface area (Å²) in [6, 6.07) is -1.00. The maximum Gasteiger partial charge on any atom is 0.408 e. The van der Waals surface area contributed by atoms with Crippen LogP contribution in [0.25, 0.3) is 0 Å². The number of cyclic esters (lactones) is 4. The van der Waals surface area contributed by atoms with E-state index in [0.717, 1.165) is 0 Å². The molecule has 3 aromatic carbocycles. The maximum atomic E-state index is 13.1. The van der Waals surface area contributed by atoms with Crippen molar-refractivity contribution in [2.45, 2.75) is 283 Å². The molecule has 824 valence electrons. The van der Waals surface area contributed by atoms with Gasteiger partial charge in [0, 0.05) is 63.7 Å². The number of carbonyl (C=O) groups excluding carboxylic acids is 16. The number of carbonyl (C=O) groups is 18. The van der Waals surface area contributed by atoms with Gasteiger partial charge in [0.15, 0.2) is 17.2 Å². The minimum Gasteiger partial charge on any atom is -0.505 e. The van der Waals surface area contributed by atoms with Crippen LogP contribution in [0.4, 0.5) is 14.4 Å². The van der Waals surface area contributed by atoms with E-state index in [1.54, 1.807) is 76.2 Å². The van der Waals surface area contributed by atoms with Gasteiger partial charge in [-0.05, 0) is 185 Å². The first-order chi connectivity index (χ1) is 70.1. The molecule has 8 heterocycles. The fraction of sp³-hybridized carbons (Fsp3) is 0.567. The van der Waals surface area contributed by atoms with Crippen LogP contribution in [-0.2, 0) is 110 Å². The molecular formula is C97H130Cl6N12O34. The van der Waals surface area contributed by atoms with Crippen molar-refractivity contribution >= 4 is 177 Å². The van der Waals surface area contributed by atoms with Crippen LogP contribution in [0, 0.1) is 0 Å². The SMILES string of the molecule is C=CCOC(=O)NC1CC(=O)OC1OCC.C=CCOc1c(Cl)cc(C(=O)N[C@@H](C)C(=O)N2CCCC2C(=O)NC2CC(=O)OC2OCC)cc1Cl.C=CCOc1c(Cl)cc(C(=O)O)cc1Cl.CCOC1OC(=O)CC1NC(=O)C1CCCN1C(=O)[C@H](C)NC(=O)c1cc(Cl)c(O)c(Cl)c1.CCOC1OC(=O)C[C@@H]1NC(=O)C1CCCN1C(=O)[C@H](C)NC(=O)OC(C)(C)C.C[C@H](NC(=O)OC(C)(C)C)C(=O)N1CCC[C@H]1C(=O)O. The highest BCUT2D eigenvalue weighted by molar-refractivity contribution is 6.39. The molecule has 52 heteroatoms. The molecule has 8 fully saturated rings. The van der Waals surface area contributed by atoms with Gasteiger partial charge in [0.25, 0.3) is 11.8 Å². The van der Waals surface area contributed by atoms with E-state index in [1.165, 1.54) is 95.0 Å². The Bertz CT molecular complexity index is 5230. The van der Waals surface area contributed by atoms with Crippen LogP contribution >= 0.6 is 69.6 Å². The minimum absolute atomic E-state index is 0.00787. The Morgan fingerprint density at radius 2 is 0.658 bits per heavy atom. The van der Waals surface area contributed by atoms with Crippen molar-refractivity contribution in [2.75, 3.05) is 72.4 Å². The Morgan fingerprint density at radius 1 is 0.396 bits per heavy atom. The van der Waals surface area contributed by atoms with Crippen molar-refractivity contribution in [1.29, 1.82) is 0 Å². The first-order valence-electron chi connectivity index (χ1n) is 47.8. The van der Waals surface area contributed by atoms with E-state index < -0.39 is 204 Å². The lowest BCUT2D eigenvalue weighted by atomic mass is 10.1. The first kappa shape index (κ1) is 125. The third-order valence-corrected chi connectivity index (χ3v) is 23.9. The number of aromatic carboxylic acids is 1. The summed E-state index contributed by atoms with van der Waals surface area (Å²) in [7, 11) is 0. The third kappa shape index (κ3) is 38.9. The van der Waals surface area contributed by atoms with Crippen LogP contribution in [0.5, 0.6) is 17.2 Å². The molecule has 8 aliphatic heterocycles. The average Bonchev–Trinajstić information content (AvgIpc) is 1.75. The Labute approximate surface area is 890 Å². The standard InChI is InChI=1S/C24H29Cl2N3O7.C21H25Cl2N3O7.C19H31N3O7.C13H22N2O5.C10H8Cl2O3.C10H15NO5/c1-4-9-35-20-15(25)10-14(11-16(20)26)21(31)27-13(3)23(33)29-8-6-7-18(29)22(32)28-17-12-19(30)36-24(17)34-5-2;1-3-32-21-14(9-16(27)33-21)25-19(30)15-5-4-6-26(15)20(31)10(2)24-18(29)11-7-12(22)17(28)13(23)8-11;1-6-27-17-12(10-14(23)28-17)21-15(24)13-8-7-9-22(13)16(25)11(2)20-18(26)29-19(3,4)5;1-8(14-12(19)20-13(2,3)4)10(16)15-7-5-6-9(15)11(17)18;1-2-3-15-9-7(11)4-6(10(13)14)5-8(9)12;1-3-5-15-10(13)11-7-6-8(12)16-9(7)14-4-2/h4,10-11,13,17-18,24H,1,5-9,12H2,2-3H3,(H,27,31)(H,28,32);7-8,10,14-15,21,28H,3-6,9H2,1-2H3,(H,24,29)(H,25,30);11-13,17H,6-10H2,1-5H3,(H,20,26)(H,21,24);8-9H,5-7H2,1-4H3,(H,14,19)(H,17,18);2,4-5H,1,3H2,(H,13,14);3,7,9H,1,4-6H2,2H3,(H,11,13)/t13-,17?,18?,24?;10-,14?,15?,21?;11-,12-,13?,17?;8-,9-;;/m0000../s1.